The third-order valence-corrected chi connectivity index (χ3v) is 7.14. The van der Waals surface area contributed by atoms with Crippen molar-refractivity contribution in [2.24, 2.45) is 11.8 Å². The van der Waals surface area contributed by atoms with Crippen molar-refractivity contribution in [3.8, 4) is 0 Å². The van der Waals surface area contributed by atoms with Crippen LogP contribution in [0.3, 0.4) is 0 Å². The van der Waals surface area contributed by atoms with E-state index >= 15 is 0 Å². The first-order valence-electron chi connectivity index (χ1n) is 11.4. The van der Waals surface area contributed by atoms with Gasteiger partial charge in [0.05, 0.1) is 0 Å². The van der Waals surface area contributed by atoms with Gasteiger partial charge in [-0.25, -0.2) is 0 Å². The summed E-state index contributed by atoms with van der Waals surface area (Å²) in [6.07, 6.45) is 19.0. The number of nitrogens with one attached hydrogen (secondary N) is 1. The van der Waals surface area contributed by atoms with E-state index in [-0.39, 0.29) is 5.54 Å². The molecule has 3 aliphatic rings. The Bertz CT molecular complexity index is 426. The third-order valence-electron chi connectivity index (χ3n) is 7.14. The first-order chi connectivity index (χ1) is 12.4. The smallest absolute Gasteiger partial charge is 0.384 e. The molecule has 1 heterocycles. The monoisotopic (exact) mass is 359 g/mol. The summed E-state index contributed by atoms with van der Waals surface area (Å²) in [4.78, 5) is 5.28. The Hall–Kier alpha value is -0.635. The molecule has 2 saturated carbocycles. The molecule has 0 bridgehead atoms. The standard InChI is InChI=1S/C22H42BN3/c1-18(20-12-8-6-9-13-20)25-16-17-26(23(25)24-22(3,4)5)19(2)21-14-10-7-11-15-21/h16-21,24H,6-15H2,1-5H3/t18-,19-/m0/s1. The maximum absolute atomic E-state index is 3.95. The van der Waals surface area contributed by atoms with Crippen molar-refractivity contribution in [3.63, 3.8) is 0 Å². The maximum Gasteiger partial charge on any atom is 0.468 e. The van der Waals surface area contributed by atoms with Crippen LogP contribution in [0, 0.1) is 11.8 Å². The Morgan fingerprint density at radius 1 is 0.769 bits per heavy atom. The highest BCUT2D eigenvalue weighted by Gasteiger charge is 2.43. The largest absolute Gasteiger partial charge is 0.468 e. The summed E-state index contributed by atoms with van der Waals surface area (Å²) in [7, 11) is 0.309. The molecule has 0 spiro atoms. The molecule has 0 saturated heterocycles. The van der Waals surface area contributed by atoms with Crippen molar-refractivity contribution in [3.05, 3.63) is 12.4 Å². The van der Waals surface area contributed by atoms with Crippen molar-refractivity contribution in [1.29, 1.82) is 0 Å². The first-order valence-corrected chi connectivity index (χ1v) is 11.4. The van der Waals surface area contributed by atoms with Crippen LogP contribution in [0.5, 0.6) is 0 Å². The molecular weight excluding hydrogens is 317 g/mol. The topological polar surface area (TPSA) is 18.5 Å². The van der Waals surface area contributed by atoms with Gasteiger partial charge in [0.2, 0.25) is 0 Å². The molecule has 0 amide bonds. The quantitative estimate of drug-likeness (QED) is 0.664. The van der Waals surface area contributed by atoms with Crippen molar-refractivity contribution in [2.75, 3.05) is 0 Å². The van der Waals surface area contributed by atoms with Gasteiger partial charge in [-0.15, -0.1) is 0 Å². The van der Waals surface area contributed by atoms with Crippen LogP contribution in [0.4, 0.5) is 0 Å². The highest BCUT2D eigenvalue weighted by molar-refractivity contribution is 6.51. The zero-order chi connectivity index (χ0) is 18.7. The zero-order valence-corrected chi connectivity index (χ0v) is 18.0. The minimum absolute atomic E-state index is 0.117. The van der Waals surface area contributed by atoms with Crippen LogP contribution in [-0.2, 0) is 0 Å². The zero-order valence-electron chi connectivity index (χ0n) is 18.0. The summed E-state index contributed by atoms with van der Waals surface area (Å²) in [5.74, 6) is 1.70. The summed E-state index contributed by atoms with van der Waals surface area (Å²) < 4.78 is 0. The lowest BCUT2D eigenvalue weighted by Crippen LogP contribution is -2.65. The van der Waals surface area contributed by atoms with Crippen LogP contribution < -0.4 is 5.23 Å². The summed E-state index contributed by atoms with van der Waals surface area (Å²) in [5.41, 5.74) is 0.117. The summed E-state index contributed by atoms with van der Waals surface area (Å²) in [6, 6.07) is 1.24. The Labute approximate surface area is 163 Å². The van der Waals surface area contributed by atoms with Crippen molar-refractivity contribution in [1.82, 2.24) is 14.8 Å². The average molecular weight is 359 g/mol. The highest BCUT2D eigenvalue weighted by Crippen LogP contribution is 2.34. The SMILES string of the molecule is C[C@@H](C1CCCCC1)N1C=CN([C@@H](C)C2CCCCC2)B1NC(C)(C)C. The van der Waals surface area contributed by atoms with Gasteiger partial charge < -0.3 is 14.8 Å². The lowest BCUT2D eigenvalue weighted by molar-refractivity contribution is 0.211. The molecule has 2 fully saturated rings. The fourth-order valence-corrected chi connectivity index (χ4v) is 5.44. The van der Waals surface area contributed by atoms with E-state index in [0.29, 0.717) is 19.2 Å². The first kappa shape index (κ1) is 20.1. The van der Waals surface area contributed by atoms with Crippen molar-refractivity contribution < 1.29 is 0 Å². The van der Waals surface area contributed by atoms with E-state index in [0.717, 1.165) is 11.8 Å². The second-order valence-electron chi connectivity index (χ2n) is 10.2. The predicted molar refractivity (Wildman–Crippen MR) is 114 cm³/mol. The lowest BCUT2D eigenvalue weighted by atomic mass is 9.75. The number of hydrogen-bond donors (Lipinski definition) is 1. The Morgan fingerprint density at radius 2 is 1.15 bits per heavy atom. The molecular formula is C22H42BN3. The van der Waals surface area contributed by atoms with Gasteiger partial charge >= 0.3 is 7.12 Å². The second kappa shape index (κ2) is 8.58. The Balaban J connectivity index is 1.73. The van der Waals surface area contributed by atoms with Gasteiger partial charge in [-0.3, -0.25) is 0 Å². The van der Waals surface area contributed by atoms with E-state index in [2.05, 4.69) is 61.9 Å². The number of hydrogen-bond acceptors (Lipinski definition) is 3. The predicted octanol–water partition coefficient (Wildman–Crippen LogP) is 5.39. The van der Waals surface area contributed by atoms with Crippen LogP contribution in [0.1, 0.15) is 98.8 Å². The summed E-state index contributed by atoms with van der Waals surface area (Å²) in [6.45, 7) is 11.8. The molecule has 148 valence electrons. The average Bonchev–Trinajstić information content (AvgIpc) is 3.03. The second-order valence-corrected chi connectivity index (χ2v) is 10.2. The third kappa shape index (κ3) is 4.80. The van der Waals surface area contributed by atoms with Gasteiger partial charge in [-0.1, -0.05) is 38.5 Å². The van der Waals surface area contributed by atoms with Crippen LogP contribution in [0.2, 0.25) is 0 Å². The Morgan fingerprint density at radius 3 is 1.50 bits per heavy atom. The molecule has 0 radical (unpaired) electrons. The van der Waals surface area contributed by atoms with E-state index in [1.54, 1.807) is 0 Å². The molecule has 3 nitrogen and oxygen atoms in total. The van der Waals surface area contributed by atoms with Gasteiger partial charge in [0.15, 0.2) is 0 Å². The molecule has 0 unspecified atom stereocenters. The highest BCUT2D eigenvalue weighted by atomic mass is 15.4. The number of rotatable bonds is 5. The number of nitrogens with zero attached hydrogens (tertiary/aromatic N) is 2. The van der Waals surface area contributed by atoms with E-state index in [4.69, 9.17) is 0 Å². The summed E-state index contributed by atoms with van der Waals surface area (Å²) in [5, 5.41) is 3.95. The van der Waals surface area contributed by atoms with E-state index < -0.39 is 0 Å². The lowest BCUT2D eigenvalue weighted by Gasteiger charge is -2.44. The minimum atomic E-state index is 0.117. The van der Waals surface area contributed by atoms with Gasteiger partial charge in [0.1, 0.15) is 0 Å². The molecule has 2 aliphatic carbocycles. The van der Waals surface area contributed by atoms with Crippen molar-refractivity contribution >= 4 is 7.12 Å². The van der Waals surface area contributed by atoms with Gasteiger partial charge in [0, 0.05) is 30.0 Å². The van der Waals surface area contributed by atoms with Gasteiger partial charge in [0.25, 0.3) is 0 Å². The molecule has 1 N–H and O–H groups in total. The molecule has 3 rings (SSSR count). The molecule has 0 aromatic rings. The van der Waals surface area contributed by atoms with Gasteiger partial charge in [-0.05, 0) is 72.1 Å². The Kier molecular flexibility index (Phi) is 6.64. The molecule has 26 heavy (non-hydrogen) atoms. The normalized spacial score (nSPS) is 25.8. The molecule has 0 aromatic heterocycles. The summed E-state index contributed by atoms with van der Waals surface area (Å²) >= 11 is 0. The van der Waals surface area contributed by atoms with Crippen LogP contribution in [-0.4, -0.2) is 34.4 Å². The maximum atomic E-state index is 3.95. The fourth-order valence-electron chi connectivity index (χ4n) is 5.44. The van der Waals surface area contributed by atoms with Crippen LogP contribution >= 0.6 is 0 Å². The van der Waals surface area contributed by atoms with E-state index in [1.807, 2.05) is 0 Å². The van der Waals surface area contributed by atoms with E-state index in [1.165, 1.54) is 64.2 Å². The van der Waals surface area contributed by atoms with E-state index in [9.17, 15) is 0 Å². The van der Waals surface area contributed by atoms with Crippen LogP contribution in [0.15, 0.2) is 12.4 Å². The fraction of sp³-hybridized carbons (Fsp3) is 0.909. The minimum Gasteiger partial charge on any atom is -0.384 e. The van der Waals surface area contributed by atoms with Crippen LogP contribution in [0.25, 0.3) is 0 Å². The molecule has 1 aliphatic heterocycles. The molecule has 2 atom stereocenters. The van der Waals surface area contributed by atoms with Gasteiger partial charge in [-0.2, -0.15) is 0 Å². The van der Waals surface area contributed by atoms with Crippen molar-refractivity contribution in [2.45, 2.75) is 116 Å². The molecule has 4 heteroatoms. The molecule has 0 aromatic carbocycles.